The van der Waals surface area contributed by atoms with Gasteiger partial charge in [0.2, 0.25) is 0 Å². The molecule has 2 heterocycles. The van der Waals surface area contributed by atoms with E-state index >= 15 is 0 Å². The summed E-state index contributed by atoms with van der Waals surface area (Å²) in [6, 6.07) is 4.92. The summed E-state index contributed by atoms with van der Waals surface area (Å²) in [5.74, 6) is 0.696. The summed E-state index contributed by atoms with van der Waals surface area (Å²) in [4.78, 5) is 6.93. The lowest BCUT2D eigenvalue weighted by Gasteiger charge is -2.26. The van der Waals surface area contributed by atoms with Crippen molar-refractivity contribution in [3.05, 3.63) is 29.6 Å². The van der Waals surface area contributed by atoms with Crippen molar-refractivity contribution in [2.24, 2.45) is 5.92 Å². The molecule has 0 radical (unpaired) electrons. The van der Waals surface area contributed by atoms with Gasteiger partial charge >= 0.3 is 0 Å². The van der Waals surface area contributed by atoms with Crippen LogP contribution in [0, 0.1) is 12.8 Å². The molecule has 1 aromatic heterocycles. The van der Waals surface area contributed by atoms with Crippen LogP contribution >= 0.6 is 0 Å². The highest BCUT2D eigenvalue weighted by atomic mass is 15.2. The zero-order valence-corrected chi connectivity index (χ0v) is 11.8. The molecule has 18 heavy (non-hydrogen) atoms. The summed E-state index contributed by atoms with van der Waals surface area (Å²) in [7, 11) is 0. The summed E-state index contributed by atoms with van der Waals surface area (Å²) < 4.78 is 0. The fourth-order valence-electron chi connectivity index (χ4n) is 2.46. The average molecular weight is 247 g/mol. The van der Waals surface area contributed by atoms with Gasteiger partial charge in [0.05, 0.1) is 0 Å². The number of aromatic nitrogens is 1. The van der Waals surface area contributed by atoms with Gasteiger partial charge in [-0.2, -0.15) is 0 Å². The zero-order chi connectivity index (χ0) is 13.0. The van der Waals surface area contributed by atoms with Crippen molar-refractivity contribution in [2.45, 2.75) is 39.8 Å². The molecule has 0 bridgehead atoms. The van der Waals surface area contributed by atoms with E-state index in [0.29, 0.717) is 12.0 Å². The minimum absolute atomic E-state index is 0.617. The van der Waals surface area contributed by atoms with Crippen molar-refractivity contribution in [3.8, 4) is 0 Å². The molecule has 1 unspecified atom stereocenters. The number of aryl methyl sites for hydroxylation is 1. The first-order valence-electron chi connectivity index (χ1n) is 7.02. The van der Waals surface area contributed by atoms with Crippen LogP contribution in [0.2, 0.25) is 0 Å². The Balaban J connectivity index is 1.96. The van der Waals surface area contributed by atoms with Crippen LogP contribution in [0.15, 0.2) is 18.3 Å². The Hall–Kier alpha value is -0.930. The highest BCUT2D eigenvalue weighted by Crippen LogP contribution is 2.12. The van der Waals surface area contributed by atoms with E-state index in [2.05, 4.69) is 41.2 Å². The lowest BCUT2D eigenvalue weighted by Crippen LogP contribution is -2.41. The van der Waals surface area contributed by atoms with Gasteiger partial charge in [0.25, 0.3) is 0 Å². The third-order valence-electron chi connectivity index (χ3n) is 3.70. The van der Waals surface area contributed by atoms with E-state index in [1.807, 2.05) is 13.1 Å². The lowest BCUT2D eigenvalue weighted by molar-refractivity contribution is 0.238. The topological polar surface area (TPSA) is 28.2 Å². The molecule has 1 atom stereocenters. The Morgan fingerprint density at radius 1 is 1.44 bits per heavy atom. The van der Waals surface area contributed by atoms with E-state index in [4.69, 9.17) is 0 Å². The summed E-state index contributed by atoms with van der Waals surface area (Å²) in [6.07, 6.45) is 3.25. The third-order valence-corrected chi connectivity index (χ3v) is 3.70. The van der Waals surface area contributed by atoms with Gasteiger partial charge in [0, 0.05) is 31.0 Å². The lowest BCUT2D eigenvalue weighted by atomic mass is 10.0. The molecule has 1 aliphatic heterocycles. The van der Waals surface area contributed by atoms with Crippen LogP contribution in [0.4, 0.5) is 0 Å². The Labute approximate surface area is 111 Å². The Bertz CT molecular complexity index is 359. The summed E-state index contributed by atoms with van der Waals surface area (Å²) in [6.45, 7) is 11.1. The van der Waals surface area contributed by atoms with E-state index in [-0.39, 0.29) is 0 Å². The maximum Gasteiger partial charge on any atom is 0.0372 e. The minimum atomic E-state index is 0.617. The molecule has 100 valence electrons. The fraction of sp³-hybridized carbons (Fsp3) is 0.667. The number of nitrogens with zero attached hydrogens (tertiary/aromatic N) is 2. The van der Waals surface area contributed by atoms with Gasteiger partial charge in [-0.25, -0.2) is 0 Å². The van der Waals surface area contributed by atoms with E-state index in [1.165, 1.54) is 18.5 Å². The molecule has 1 N–H and O–H groups in total. The quantitative estimate of drug-likeness (QED) is 0.887. The molecular formula is C15H25N3. The van der Waals surface area contributed by atoms with Gasteiger partial charge in [-0.3, -0.25) is 9.88 Å². The van der Waals surface area contributed by atoms with Crippen LogP contribution in [0.1, 0.15) is 31.5 Å². The maximum absolute atomic E-state index is 4.38. The van der Waals surface area contributed by atoms with E-state index in [1.54, 1.807) is 0 Å². The molecular weight excluding hydrogens is 222 g/mol. The van der Waals surface area contributed by atoms with Crippen LogP contribution in [0.5, 0.6) is 0 Å². The highest BCUT2D eigenvalue weighted by Gasteiger charge is 2.20. The molecule has 0 saturated carbocycles. The van der Waals surface area contributed by atoms with Crippen molar-refractivity contribution in [1.29, 1.82) is 0 Å². The monoisotopic (exact) mass is 247 g/mol. The van der Waals surface area contributed by atoms with Crippen LogP contribution in [-0.4, -0.2) is 35.6 Å². The van der Waals surface area contributed by atoms with Crippen molar-refractivity contribution in [1.82, 2.24) is 15.2 Å². The van der Waals surface area contributed by atoms with Crippen LogP contribution in [0.3, 0.4) is 0 Å². The van der Waals surface area contributed by atoms with E-state index in [0.717, 1.165) is 25.3 Å². The molecule has 0 spiro atoms. The predicted octanol–water partition coefficient (Wildman–Crippen LogP) is 2.21. The normalized spacial score (nSPS) is 22.1. The molecule has 0 aliphatic carbocycles. The van der Waals surface area contributed by atoms with Crippen LogP contribution in [-0.2, 0) is 6.54 Å². The molecule has 2 rings (SSSR count). The van der Waals surface area contributed by atoms with Crippen molar-refractivity contribution < 1.29 is 0 Å². The molecule has 1 aromatic rings. The largest absolute Gasteiger partial charge is 0.312 e. The second-order valence-electron chi connectivity index (χ2n) is 5.70. The molecule has 0 amide bonds. The number of pyridine rings is 1. The fourth-order valence-corrected chi connectivity index (χ4v) is 2.46. The summed E-state index contributed by atoms with van der Waals surface area (Å²) in [5.41, 5.74) is 2.42. The summed E-state index contributed by atoms with van der Waals surface area (Å²) in [5, 5.41) is 3.65. The SMILES string of the molecule is Cc1ccc(CN2CCCNC(C(C)C)C2)cn1. The molecule has 1 saturated heterocycles. The number of hydrogen-bond acceptors (Lipinski definition) is 3. The van der Waals surface area contributed by atoms with Gasteiger partial charge in [0.1, 0.15) is 0 Å². The molecule has 1 fully saturated rings. The van der Waals surface area contributed by atoms with Crippen molar-refractivity contribution >= 4 is 0 Å². The van der Waals surface area contributed by atoms with Crippen LogP contribution in [0.25, 0.3) is 0 Å². The first-order valence-corrected chi connectivity index (χ1v) is 7.02. The molecule has 3 nitrogen and oxygen atoms in total. The Morgan fingerprint density at radius 3 is 2.94 bits per heavy atom. The predicted molar refractivity (Wildman–Crippen MR) is 75.5 cm³/mol. The van der Waals surface area contributed by atoms with Gasteiger partial charge in [-0.05, 0) is 44.0 Å². The Morgan fingerprint density at radius 2 is 2.28 bits per heavy atom. The average Bonchev–Trinajstić information content (AvgIpc) is 2.58. The van der Waals surface area contributed by atoms with Crippen molar-refractivity contribution in [2.75, 3.05) is 19.6 Å². The zero-order valence-electron chi connectivity index (χ0n) is 11.8. The summed E-state index contributed by atoms with van der Waals surface area (Å²) >= 11 is 0. The third kappa shape index (κ3) is 3.79. The van der Waals surface area contributed by atoms with E-state index in [9.17, 15) is 0 Å². The molecule has 0 aromatic carbocycles. The highest BCUT2D eigenvalue weighted by molar-refractivity contribution is 5.13. The van der Waals surface area contributed by atoms with E-state index < -0.39 is 0 Å². The number of rotatable bonds is 3. The standard InChI is InChI=1S/C15H25N3/c1-12(2)15-11-18(8-4-7-16-15)10-14-6-5-13(3)17-9-14/h5-6,9,12,15-16H,4,7-8,10-11H2,1-3H3. The van der Waals surface area contributed by atoms with Gasteiger partial charge < -0.3 is 5.32 Å². The minimum Gasteiger partial charge on any atom is -0.312 e. The van der Waals surface area contributed by atoms with Gasteiger partial charge in [-0.1, -0.05) is 19.9 Å². The second kappa shape index (κ2) is 6.30. The number of nitrogens with one attached hydrogen (secondary N) is 1. The smallest absolute Gasteiger partial charge is 0.0372 e. The van der Waals surface area contributed by atoms with Crippen LogP contribution < -0.4 is 5.32 Å². The first kappa shape index (κ1) is 13.5. The van der Waals surface area contributed by atoms with Crippen molar-refractivity contribution in [3.63, 3.8) is 0 Å². The number of hydrogen-bond donors (Lipinski definition) is 1. The first-order chi connectivity index (χ1) is 8.65. The van der Waals surface area contributed by atoms with Gasteiger partial charge in [-0.15, -0.1) is 0 Å². The molecule has 3 heteroatoms. The second-order valence-corrected chi connectivity index (χ2v) is 5.70. The van der Waals surface area contributed by atoms with Gasteiger partial charge in [0.15, 0.2) is 0 Å². The molecule has 1 aliphatic rings. The Kier molecular flexibility index (Phi) is 4.72. The maximum atomic E-state index is 4.38.